The molecule has 0 saturated carbocycles. The standard InChI is InChI=1S/C13H12N4O2/c14-12-11-9(6-10(18)15-13(11)19)16-17(12)7-8-4-2-1-3-5-8/h1-5H,6-7,14H2,(H,15,18,19). The van der Waals surface area contributed by atoms with Gasteiger partial charge in [0.25, 0.3) is 5.91 Å². The van der Waals surface area contributed by atoms with Gasteiger partial charge >= 0.3 is 0 Å². The van der Waals surface area contributed by atoms with Gasteiger partial charge in [-0.3, -0.25) is 14.9 Å². The summed E-state index contributed by atoms with van der Waals surface area (Å²) in [6.45, 7) is 0.473. The van der Waals surface area contributed by atoms with Gasteiger partial charge in [-0.15, -0.1) is 0 Å². The molecule has 19 heavy (non-hydrogen) atoms. The molecule has 1 aromatic carbocycles. The molecule has 0 spiro atoms. The largest absolute Gasteiger partial charge is 0.383 e. The number of anilines is 1. The molecule has 6 heteroatoms. The van der Waals surface area contributed by atoms with Gasteiger partial charge in [-0.1, -0.05) is 30.3 Å². The number of rotatable bonds is 2. The molecule has 0 bridgehead atoms. The van der Waals surface area contributed by atoms with Crippen LogP contribution in [0.1, 0.15) is 21.6 Å². The van der Waals surface area contributed by atoms with Gasteiger partial charge in [-0.05, 0) is 5.56 Å². The molecule has 0 radical (unpaired) electrons. The Labute approximate surface area is 109 Å². The lowest BCUT2D eigenvalue weighted by Gasteiger charge is -2.09. The van der Waals surface area contributed by atoms with Crippen molar-refractivity contribution in [2.45, 2.75) is 13.0 Å². The van der Waals surface area contributed by atoms with Gasteiger partial charge in [0.15, 0.2) is 0 Å². The Bertz CT molecular complexity index is 661. The van der Waals surface area contributed by atoms with E-state index >= 15 is 0 Å². The van der Waals surface area contributed by atoms with Gasteiger partial charge in [0.1, 0.15) is 11.4 Å². The molecule has 2 heterocycles. The number of carbonyl (C=O) groups is 2. The zero-order valence-corrected chi connectivity index (χ0v) is 10.1. The Morgan fingerprint density at radius 1 is 1.26 bits per heavy atom. The fraction of sp³-hybridized carbons (Fsp3) is 0.154. The van der Waals surface area contributed by atoms with Crippen molar-refractivity contribution in [1.82, 2.24) is 15.1 Å². The maximum Gasteiger partial charge on any atom is 0.263 e. The minimum absolute atomic E-state index is 0.0903. The van der Waals surface area contributed by atoms with Crippen LogP contribution < -0.4 is 11.1 Å². The lowest BCUT2D eigenvalue weighted by Crippen LogP contribution is -2.37. The van der Waals surface area contributed by atoms with Crippen LogP contribution in [0.2, 0.25) is 0 Å². The molecule has 6 nitrogen and oxygen atoms in total. The summed E-state index contributed by atoms with van der Waals surface area (Å²) in [6.07, 6.45) is 0.0903. The van der Waals surface area contributed by atoms with Gasteiger partial charge in [0.05, 0.1) is 18.7 Å². The van der Waals surface area contributed by atoms with E-state index < -0.39 is 5.91 Å². The van der Waals surface area contributed by atoms with Crippen molar-refractivity contribution in [1.29, 1.82) is 0 Å². The van der Waals surface area contributed by atoms with E-state index in [1.165, 1.54) is 0 Å². The highest BCUT2D eigenvalue weighted by molar-refractivity contribution is 6.11. The topological polar surface area (TPSA) is 90.0 Å². The van der Waals surface area contributed by atoms with Crippen LogP contribution in [0.5, 0.6) is 0 Å². The number of nitrogens with two attached hydrogens (primary N) is 1. The number of nitrogen functional groups attached to an aromatic ring is 1. The first-order valence-corrected chi connectivity index (χ1v) is 5.88. The summed E-state index contributed by atoms with van der Waals surface area (Å²) < 4.78 is 1.55. The van der Waals surface area contributed by atoms with Crippen LogP contribution >= 0.6 is 0 Å². The van der Waals surface area contributed by atoms with Gasteiger partial charge < -0.3 is 5.73 Å². The highest BCUT2D eigenvalue weighted by Crippen LogP contribution is 2.21. The number of fused-ring (bicyclic) bond motifs is 1. The molecule has 0 atom stereocenters. The Kier molecular flexibility index (Phi) is 2.56. The minimum atomic E-state index is -0.469. The maximum atomic E-state index is 11.7. The van der Waals surface area contributed by atoms with E-state index in [2.05, 4.69) is 10.4 Å². The van der Waals surface area contributed by atoms with Gasteiger partial charge in [0, 0.05) is 0 Å². The molecule has 0 aliphatic carbocycles. The molecule has 2 aromatic rings. The molecule has 1 aromatic heterocycles. The Morgan fingerprint density at radius 3 is 2.74 bits per heavy atom. The van der Waals surface area contributed by atoms with E-state index in [1.807, 2.05) is 30.3 Å². The zero-order chi connectivity index (χ0) is 13.4. The van der Waals surface area contributed by atoms with E-state index in [9.17, 15) is 9.59 Å². The quantitative estimate of drug-likeness (QED) is 0.757. The maximum absolute atomic E-state index is 11.7. The van der Waals surface area contributed by atoms with Crippen LogP contribution in [0.15, 0.2) is 30.3 Å². The zero-order valence-electron chi connectivity index (χ0n) is 10.1. The lowest BCUT2D eigenvalue weighted by molar-refractivity contribution is -0.119. The number of nitrogens with one attached hydrogen (secondary N) is 1. The Morgan fingerprint density at radius 2 is 2.00 bits per heavy atom. The van der Waals surface area contributed by atoms with Crippen molar-refractivity contribution in [2.24, 2.45) is 0 Å². The number of nitrogens with zero attached hydrogens (tertiary/aromatic N) is 2. The van der Waals surface area contributed by atoms with Gasteiger partial charge in [0.2, 0.25) is 5.91 Å². The van der Waals surface area contributed by atoms with Crippen LogP contribution in [0.4, 0.5) is 5.82 Å². The van der Waals surface area contributed by atoms with Crippen molar-refractivity contribution in [3.05, 3.63) is 47.2 Å². The summed E-state index contributed by atoms with van der Waals surface area (Å²) in [5.74, 6) is -0.520. The average Bonchev–Trinajstić information content (AvgIpc) is 2.67. The fourth-order valence-electron chi connectivity index (χ4n) is 2.16. The smallest absolute Gasteiger partial charge is 0.263 e. The number of hydrogen-bond acceptors (Lipinski definition) is 4. The SMILES string of the molecule is Nc1c2c(nn1Cc1ccccc1)CC(=O)NC2=O. The van der Waals surface area contributed by atoms with Crippen molar-refractivity contribution in [3.63, 3.8) is 0 Å². The molecule has 0 fully saturated rings. The van der Waals surface area contributed by atoms with E-state index in [0.29, 0.717) is 23.6 Å². The molecule has 3 N–H and O–H groups in total. The molecule has 0 saturated heterocycles. The second kappa shape index (κ2) is 4.24. The van der Waals surface area contributed by atoms with Gasteiger partial charge in [-0.25, -0.2) is 4.68 Å². The first-order chi connectivity index (χ1) is 9.15. The third kappa shape index (κ3) is 1.97. The normalized spacial score (nSPS) is 14.1. The number of amides is 2. The molecular weight excluding hydrogens is 244 g/mol. The van der Waals surface area contributed by atoms with E-state index in [0.717, 1.165) is 5.56 Å². The van der Waals surface area contributed by atoms with Gasteiger partial charge in [-0.2, -0.15) is 5.10 Å². The summed E-state index contributed by atoms with van der Waals surface area (Å²) in [7, 11) is 0. The van der Waals surface area contributed by atoms with Crippen molar-refractivity contribution >= 4 is 17.6 Å². The summed E-state index contributed by atoms with van der Waals surface area (Å²) in [4.78, 5) is 23.0. The Hall–Kier alpha value is -2.63. The third-order valence-electron chi connectivity index (χ3n) is 3.05. The van der Waals surface area contributed by atoms with E-state index in [-0.39, 0.29) is 12.3 Å². The molecule has 1 aliphatic rings. The summed E-state index contributed by atoms with van der Waals surface area (Å²) in [6, 6.07) is 9.67. The first kappa shape index (κ1) is 11.5. The summed E-state index contributed by atoms with van der Waals surface area (Å²) in [5, 5.41) is 6.50. The molecule has 96 valence electrons. The Balaban J connectivity index is 1.99. The number of carbonyl (C=O) groups excluding carboxylic acids is 2. The first-order valence-electron chi connectivity index (χ1n) is 5.88. The number of aromatic nitrogens is 2. The number of imide groups is 1. The van der Waals surface area contributed by atoms with E-state index in [4.69, 9.17) is 5.73 Å². The van der Waals surface area contributed by atoms with Crippen LogP contribution in [-0.2, 0) is 17.8 Å². The molecule has 2 amide bonds. The monoisotopic (exact) mass is 256 g/mol. The second-order valence-corrected chi connectivity index (χ2v) is 4.40. The van der Waals surface area contributed by atoms with Crippen molar-refractivity contribution in [2.75, 3.05) is 5.73 Å². The predicted molar refractivity (Wildman–Crippen MR) is 68.4 cm³/mol. The minimum Gasteiger partial charge on any atom is -0.383 e. The van der Waals surface area contributed by atoms with Crippen LogP contribution in [0.25, 0.3) is 0 Å². The predicted octanol–water partition coefficient (Wildman–Crippen LogP) is 0.326. The molecule has 1 aliphatic heterocycles. The number of benzene rings is 1. The van der Waals surface area contributed by atoms with Crippen LogP contribution in [0, 0.1) is 0 Å². The highest BCUT2D eigenvalue weighted by Gasteiger charge is 2.29. The summed E-state index contributed by atoms with van der Waals surface area (Å²) >= 11 is 0. The molecular formula is C13H12N4O2. The lowest BCUT2D eigenvalue weighted by atomic mass is 10.1. The highest BCUT2D eigenvalue weighted by atomic mass is 16.2. The third-order valence-corrected chi connectivity index (χ3v) is 3.05. The fourth-order valence-corrected chi connectivity index (χ4v) is 2.16. The van der Waals surface area contributed by atoms with Crippen molar-refractivity contribution < 1.29 is 9.59 Å². The summed E-state index contributed by atoms with van der Waals surface area (Å²) in [5.41, 5.74) is 7.73. The average molecular weight is 256 g/mol. The van der Waals surface area contributed by atoms with E-state index in [1.54, 1.807) is 4.68 Å². The second-order valence-electron chi connectivity index (χ2n) is 4.40. The van der Waals surface area contributed by atoms with Crippen LogP contribution in [0.3, 0.4) is 0 Å². The van der Waals surface area contributed by atoms with Crippen LogP contribution in [-0.4, -0.2) is 21.6 Å². The molecule has 0 unspecified atom stereocenters. The van der Waals surface area contributed by atoms with Crippen molar-refractivity contribution in [3.8, 4) is 0 Å². The number of hydrogen-bond donors (Lipinski definition) is 2. The molecule has 3 rings (SSSR count).